The number of fused-ring (bicyclic) bond motifs is 1. The Bertz CT molecular complexity index is 1220. The molecule has 0 radical (unpaired) electrons. The van der Waals surface area contributed by atoms with Crippen LogP contribution in [0.5, 0.6) is 0 Å². The fourth-order valence-corrected chi connectivity index (χ4v) is 5.85. The molecule has 1 N–H and O–H groups in total. The van der Waals surface area contributed by atoms with Gasteiger partial charge in [-0.1, -0.05) is 54.7 Å². The zero-order valence-electron chi connectivity index (χ0n) is 19.5. The van der Waals surface area contributed by atoms with Gasteiger partial charge < -0.3 is 10.2 Å². The smallest absolute Gasteiger partial charge is 0.269 e. The monoisotopic (exact) mass is 539 g/mol. The Kier molecular flexibility index (Phi) is 8.79. The summed E-state index contributed by atoms with van der Waals surface area (Å²) in [5.41, 5.74) is 0.540. The second-order valence-electron chi connectivity index (χ2n) is 8.17. The van der Waals surface area contributed by atoms with Gasteiger partial charge >= 0.3 is 0 Å². The molecule has 3 rings (SSSR count). The van der Waals surface area contributed by atoms with Gasteiger partial charge in [0.25, 0.3) is 15.9 Å². The first-order valence-corrected chi connectivity index (χ1v) is 13.4. The van der Waals surface area contributed by atoms with Crippen LogP contribution < -0.4 is 5.32 Å². The van der Waals surface area contributed by atoms with Gasteiger partial charge in [-0.2, -0.15) is 0 Å². The third-order valence-corrected chi connectivity index (χ3v) is 8.38. The Balaban J connectivity index is 1.81. The zero-order chi connectivity index (χ0) is 25.8. The number of benzene rings is 2. The first-order chi connectivity index (χ1) is 16.6. The number of sulfonamides is 1. The van der Waals surface area contributed by atoms with Gasteiger partial charge in [-0.25, -0.2) is 12.7 Å². The zero-order valence-corrected chi connectivity index (χ0v) is 21.8. The van der Waals surface area contributed by atoms with Crippen molar-refractivity contribution in [1.29, 1.82) is 0 Å². The summed E-state index contributed by atoms with van der Waals surface area (Å²) in [7, 11) is -4.05. The molecule has 35 heavy (non-hydrogen) atoms. The average Bonchev–Trinajstić information content (AvgIpc) is 3.02. The SMILES string of the molecule is CCCCNC(=O)[C@H](C)N(Cc1c(Cl)cccc1Cl)C(=O)CCN1C(=O)c2ccccc2S1(=O)=O. The Labute approximate surface area is 215 Å². The Hall–Kier alpha value is -2.62. The van der Waals surface area contributed by atoms with Crippen molar-refractivity contribution in [1.82, 2.24) is 14.5 Å². The molecule has 8 nitrogen and oxygen atoms in total. The van der Waals surface area contributed by atoms with Gasteiger partial charge in [-0.3, -0.25) is 14.4 Å². The minimum absolute atomic E-state index is 0.0549. The van der Waals surface area contributed by atoms with Crippen LogP contribution in [-0.4, -0.2) is 54.5 Å². The quantitative estimate of drug-likeness (QED) is 0.461. The molecule has 0 saturated heterocycles. The van der Waals surface area contributed by atoms with E-state index < -0.39 is 27.9 Å². The highest BCUT2D eigenvalue weighted by Gasteiger charge is 2.41. The summed E-state index contributed by atoms with van der Waals surface area (Å²) < 4.78 is 26.4. The molecule has 188 valence electrons. The van der Waals surface area contributed by atoms with Crippen molar-refractivity contribution >= 4 is 50.9 Å². The number of halogens is 2. The van der Waals surface area contributed by atoms with E-state index in [2.05, 4.69) is 5.32 Å². The normalized spacial score (nSPS) is 15.0. The Morgan fingerprint density at radius 1 is 1.09 bits per heavy atom. The number of carbonyl (C=O) groups is 3. The molecular formula is C24H27Cl2N3O5S. The molecule has 11 heteroatoms. The number of carbonyl (C=O) groups excluding carboxylic acids is 3. The van der Waals surface area contributed by atoms with E-state index in [0.29, 0.717) is 26.5 Å². The number of hydrogen-bond donors (Lipinski definition) is 1. The summed E-state index contributed by atoms with van der Waals surface area (Å²) in [4.78, 5) is 40.0. The largest absolute Gasteiger partial charge is 0.354 e. The average molecular weight is 540 g/mol. The first kappa shape index (κ1) is 27.0. The summed E-state index contributed by atoms with van der Waals surface area (Å²) in [5, 5.41) is 3.47. The van der Waals surface area contributed by atoms with Crippen molar-refractivity contribution in [2.24, 2.45) is 0 Å². The number of unbranched alkanes of at least 4 members (excludes halogenated alkanes) is 1. The molecule has 2 aromatic rings. The molecule has 0 unspecified atom stereocenters. The maximum absolute atomic E-state index is 13.3. The predicted octanol–water partition coefficient (Wildman–Crippen LogP) is 3.86. The molecule has 3 amide bonds. The predicted molar refractivity (Wildman–Crippen MR) is 134 cm³/mol. The van der Waals surface area contributed by atoms with E-state index in [9.17, 15) is 22.8 Å². The number of hydrogen-bond acceptors (Lipinski definition) is 5. The molecule has 0 aliphatic carbocycles. The summed E-state index contributed by atoms with van der Waals surface area (Å²) in [6.45, 7) is 3.63. The van der Waals surface area contributed by atoms with Crippen molar-refractivity contribution in [3.8, 4) is 0 Å². The highest BCUT2D eigenvalue weighted by Crippen LogP contribution is 2.30. The van der Waals surface area contributed by atoms with Crippen LogP contribution >= 0.6 is 23.2 Å². The maximum atomic E-state index is 13.3. The van der Waals surface area contributed by atoms with Crippen molar-refractivity contribution in [2.75, 3.05) is 13.1 Å². The Morgan fingerprint density at radius 2 is 1.74 bits per heavy atom. The van der Waals surface area contributed by atoms with Crippen molar-refractivity contribution < 1.29 is 22.8 Å². The van der Waals surface area contributed by atoms with Crippen molar-refractivity contribution in [2.45, 2.75) is 50.6 Å². The number of nitrogens with zero attached hydrogens (tertiary/aromatic N) is 2. The van der Waals surface area contributed by atoms with Crippen molar-refractivity contribution in [3.05, 3.63) is 63.6 Å². The second kappa shape index (κ2) is 11.4. The van der Waals surface area contributed by atoms with Gasteiger partial charge in [0.2, 0.25) is 11.8 Å². The van der Waals surface area contributed by atoms with Crippen molar-refractivity contribution in [3.63, 3.8) is 0 Å². The maximum Gasteiger partial charge on any atom is 0.269 e. The standard InChI is InChI=1S/C24H27Cl2N3O5S/c1-3-4-13-27-23(31)16(2)28(15-18-19(25)9-7-10-20(18)26)22(30)12-14-29-24(32)17-8-5-6-11-21(17)35(29,33)34/h5-11,16H,3-4,12-15H2,1-2H3,(H,27,31)/t16-/m0/s1. The van der Waals surface area contributed by atoms with Crippen LogP contribution in [0.15, 0.2) is 47.4 Å². The lowest BCUT2D eigenvalue weighted by Gasteiger charge is -2.30. The van der Waals surface area contributed by atoms with Gasteiger partial charge in [0.1, 0.15) is 10.9 Å². The topological polar surface area (TPSA) is 104 Å². The lowest BCUT2D eigenvalue weighted by molar-refractivity contribution is -0.140. The van der Waals surface area contributed by atoms with Crippen LogP contribution in [0.1, 0.15) is 49.0 Å². The highest BCUT2D eigenvalue weighted by atomic mass is 35.5. The van der Waals surface area contributed by atoms with Crippen LogP contribution in [-0.2, 0) is 26.2 Å². The third-order valence-electron chi connectivity index (χ3n) is 5.83. The van der Waals surface area contributed by atoms with Crippen LogP contribution in [0.25, 0.3) is 0 Å². The van der Waals surface area contributed by atoms with E-state index in [4.69, 9.17) is 23.2 Å². The van der Waals surface area contributed by atoms with Gasteiger partial charge in [0.05, 0.1) is 5.56 Å². The molecule has 1 heterocycles. The number of rotatable bonds is 10. The van der Waals surface area contributed by atoms with E-state index in [0.717, 1.165) is 12.8 Å². The summed E-state index contributed by atoms with van der Waals surface area (Å²) in [6, 6.07) is 9.96. The molecule has 0 saturated carbocycles. The molecule has 0 bridgehead atoms. The van der Waals surface area contributed by atoms with E-state index in [-0.39, 0.29) is 35.9 Å². The number of amides is 3. The van der Waals surface area contributed by atoms with Gasteiger partial charge in [0, 0.05) is 41.7 Å². The second-order valence-corrected chi connectivity index (χ2v) is 10.8. The van der Waals surface area contributed by atoms with Crippen LogP contribution in [0.2, 0.25) is 10.0 Å². The molecule has 2 aromatic carbocycles. The Morgan fingerprint density at radius 3 is 2.37 bits per heavy atom. The van der Waals surface area contributed by atoms with E-state index in [1.165, 1.54) is 23.1 Å². The van der Waals surface area contributed by atoms with Crippen LogP contribution in [0.4, 0.5) is 0 Å². The molecule has 1 aliphatic rings. The van der Waals surface area contributed by atoms with Gasteiger partial charge in [-0.15, -0.1) is 0 Å². The lowest BCUT2D eigenvalue weighted by Crippen LogP contribution is -2.48. The van der Waals surface area contributed by atoms with E-state index in [1.54, 1.807) is 31.2 Å². The summed E-state index contributed by atoms with van der Waals surface area (Å²) in [6.07, 6.45) is 1.37. The molecule has 0 fully saturated rings. The number of nitrogens with one attached hydrogen (secondary N) is 1. The highest BCUT2D eigenvalue weighted by molar-refractivity contribution is 7.90. The molecule has 0 spiro atoms. The fraction of sp³-hybridized carbons (Fsp3) is 0.375. The van der Waals surface area contributed by atoms with E-state index >= 15 is 0 Å². The summed E-state index contributed by atoms with van der Waals surface area (Å²) in [5.74, 6) is -1.55. The third kappa shape index (κ3) is 5.79. The van der Waals surface area contributed by atoms with Crippen LogP contribution in [0.3, 0.4) is 0 Å². The molecule has 1 atom stereocenters. The van der Waals surface area contributed by atoms with Gasteiger partial charge in [0.15, 0.2) is 0 Å². The molecule has 1 aliphatic heterocycles. The molecular weight excluding hydrogens is 513 g/mol. The van der Waals surface area contributed by atoms with Gasteiger partial charge in [-0.05, 0) is 37.6 Å². The lowest BCUT2D eigenvalue weighted by atomic mass is 10.1. The molecule has 0 aromatic heterocycles. The van der Waals surface area contributed by atoms with E-state index in [1.807, 2.05) is 6.92 Å². The minimum atomic E-state index is -4.05. The fourth-order valence-electron chi connectivity index (χ4n) is 3.77. The first-order valence-electron chi connectivity index (χ1n) is 11.3. The van der Waals surface area contributed by atoms with Crippen LogP contribution in [0, 0.1) is 0 Å². The minimum Gasteiger partial charge on any atom is -0.354 e. The summed E-state index contributed by atoms with van der Waals surface area (Å²) >= 11 is 12.6.